The highest BCUT2D eigenvalue weighted by molar-refractivity contribution is 5.64. The molecule has 1 aromatic carbocycles. The molecular weight excluding hydrogens is 204 g/mol. The van der Waals surface area contributed by atoms with E-state index in [1.807, 2.05) is 27.7 Å². The predicted octanol–water partition coefficient (Wildman–Crippen LogP) is 6.17. The van der Waals surface area contributed by atoms with Crippen molar-refractivity contribution in [2.75, 3.05) is 0 Å². The summed E-state index contributed by atoms with van der Waals surface area (Å²) in [6.45, 7) is 16.7. The lowest BCUT2D eigenvalue weighted by atomic mass is 10.0. The average Bonchev–Trinajstić information content (AvgIpc) is 2.38. The molecule has 1 rings (SSSR count). The summed E-state index contributed by atoms with van der Waals surface area (Å²) in [5.74, 6) is 0. The van der Waals surface area contributed by atoms with Gasteiger partial charge in [-0.3, -0.25) is 0 Å². The molecule has 0 spiro atoms. The summed E-state index contributed by atoms with van der Waals surface area (Å²) in [5, 5.41) is 0. The van der Waals surface area contributed by atoms with E-state index in [9.17, 15) is 0 Å². The lowest BCUT2D eigenvalue weighted by Gasteiger charge is -2.05. The van der Waals surface area contributed by atoms with Crippen molar-refractivity contribution in [3.8, 4) is 0 Å². The molecule has 17 heavy (non-hydrogen) atoms. The van der Waals surface area contributed by atoms with E-state index >= 15 is 0 Å². The third kappa shape index (κ3) is 6.99. The van der Waals surface area contributed by atoms with Crippen molar-refractivity contribution in [1.82, 2.24) is 0 Å². The van der Waals surface area contributed by atoms with Gasteiger partial charge in [0.25, 0.3) is 0 Å². The van der Waals surface area contributed by atoms with Crippen LogP contribution < -0.4 is 0 Å². The number of benzene rings is 1. The van der Waals surface area contributed by atoms with Gasteiger partial charge < -0.3 is 0 Å². The fourth-order valence-corrected chi connectivity index (χ4v) is 1.41. The molecule has 0 nitrogen and oxygen atoms in total. The molecule has 0 aliphatic carbocycles. The summed E-state index contributed by atoms with van der Waals surface area (Å²) in [5.41, 5.74) is 5.48. The second kappa shape index (κ2) is 11.4. The second-order valence-electron chi connectivity index (χ2n) is 3.59. The Morgan fingerprint density at radius 2 is 1.53 bits per heavy atom. The Balaban J connectivity index is 0. The first-order chi connectivity index (χ1) is 8.15. The molecule has 1 aromatic rings. The Bertz CT molecular complexity index is 319. The van der Waals surface area contributed by atoms with Crippen molar-refractivity contribution in [2.45, 2.75) is 61.8 Å². The standard InChI is InChI=1S/C13H18.2C2H6/c1-5-6-11(3)13-8-7-10(2)12(4)9-13;2*1-2/h6-9H,5H2,1-4H3;2*1-2H3/b11-6+;;. The Hall–Kier alpha value is -1.04. The Kier molecular flexibility index (Phi) is 12.3. The van der Waals surface area contributed by atoms with Crippen molar-refractivity contribution in [2.24, 2.45) is 0 Å². The third-order valence-electron chi connectivity index (χ3n) is 2.47. The molecule has 0 saturated carbocycles. The smallest absolute Gasteiger partial charge is 0.0228 e. The topological polar surface area (TPSA) is 0 Å². The number of hydrogen-bond donors (Lipinski definition) is 0. The Labute approximate surface area is 109 Å². The van der Waals surface area contributed by atoms with Gasteiger partial charge in [-0.15, -0.1) is 0 Å². The van der Waals surface area contributed by atoms with Gasteiger partial charge in [0.15, 0.2) is 0 Å². The van der Waals surface area contributed by atoms with Crippen LogP contribution >= 0.6 is 0 Å². The van der Waals surface area contributed by atoms with Crippen molar-refractivity contribution >= 4 is 5.57 Å². The number of allylic oxidation sites excluding steroid dienone is 2. The van der Waals surface area contributed by atoms with E-state index in [-0.39, 0.29) is 0 Å². The molecule has 0 unspecified atom stereocenters. The maximum atomic E-state index is 2.27. The average molecular weight is 234 g/mol. The molecule has 0 bridgehead atoms. The van der Waals surface area contributed by atoms with Crippen LogP contribution in [0.5, 0.6) is 0 Å². The zero-order valence-corrected chi connectivity index (χ0v) is 13.0. The van der Waals surface area contributed by atoms with E-state index in [0.717, 1.165) is 6.42 Å². The van der Waals surface area contributed by atoms with Crippen molar-refractivity contribution in [3.63, 3.8) is 0 Å². The van der Waals surface area contributed by atoms with E-state index in [2.05, 4.69) is 52.0 Å². The third-order valence-corrected chi connectivity index (χ3v) is 2.47. The van der Waals surface area contributed by atoms with Crippen LogP contribution in [0.25, 0.3) is 5.57 Å². The molecule has 0 aliphatic rings. The van der Waals surface area contributed by atoms with E-state index < -0.39 is 0 Å². The maximum Gasteiger partial charge on any atom is -0.0228 e. The van der Waals surface area contributed by atoms with Crippen molar-refractivity contribution in [3.05, 3.63) is 41.0 Å². The fraction of sp³-hybridized carbons (Fsp3) is 0.529. The highest BCUT2D eigenvalue weighted by Gasteiger charge is 1.97. The summed E-state index contributed by atoms with van der Waals surface area (Å²) >= 11 is 0. The number of aryl methyl sites for hydroxylation is 2. The molecular formula is C17H30. The lowest BCUT2D eigenvalue weighted by molar-refractivity contribution is 1.22. The molecule has 0 fully saturated rings. The summed E-state index contributed by atoms with van der Waals surface area (Å²) in [4.78, 5) is 0. The molecule has 0 atom stereocenters. The summed E-state index contributed by atoms with van der Waals surface area (Å²) in [7, 11) is 0. The molecule has 0 heterocycles. The van der Waals surface area contributed by atoms with Gasteiger partial charge in [0.1, 0.15) is 0 Å². The van der Waals surface area contributed by atoms with Crippen LogP contribution in [0, 0.1) is 13.8 Å². The SMILES string of the molecule is CC.CC.CC/C=C(\C)c1ccc(C)c(C)c1. The minimum Gasteiger partial charge on any atom is -0.0813 e. The highest BCUT2D eigenvalue weighted by Crippen LogP contribution is 2.17. The van der Waals surface area contributed by atoms with Crippen LogP contribution in [-0.2, 0) is 0 Å². The van der Waals surface area contributed by atoms with Crippen LogP contribution in [0.2, 0.25) is 0 Å². The fourth-order valence-electron chi connectivity index (χ4n) is 1.41. The zero-order valence-electron chi connectivity index (χ0n) is 13.0. The molecule has 0 saturated heterocycles. The van der Waals surface area contributed by atoms with Crippen LogP contribution in [-0.4, -0.2) is 0 Å². The second-order valence-corrected chi connectivity index (χ2v) is 3.59. The van der Waals surface area contributed by atoms with Crippen LogP contribution in [0.4, 0.5) is 0 Å². The largest absolute Gasteiger partial charge is 0.0813 e. The number of rotatable bonds is 2. The lowest BCUT2D eigenvalue weighted by Crippen LogP contribution is -1.84. The van der Waals surface area contributed by atoms with E-state index in [1.165, 1.54) is 22.3 Å². The molecule has 0 aromatic heterocycles. The summed E-state index contributed by atoms with van der Waals surface area (Å²) in [6.07, 6.45) is 3.38. The number of hydrogen-bond acceptors (Lipinski definition) is 0. The Morgan fingerprint density at radius 3 is 1.94 bits per heavy atom. The minimum absolute atomic E-state index is 1.11. The molecule has 98 valence electrons. The van der Waals surface area contributed by atoms with Gasteiger partial charge in [-0.2, -0.15) is 0 Å². The van der Waals surface area contributed by atoms with Crippen molar-refractivity contribution < 1.29 is 0 Å². The van der Waals surface area contributed by atoms with Gasteiger partial charge >= 0.3 is 0 Å². The zero-order chi connectivity index (χ0) is 13.8. The quantitative estimate of drug-likeness (QED) is 0.574. The maximum absolute atomic E-state index is 2.27. The normalized spacial score (nSPS) is 9.76. The Morgan fingerprint density at radius 1 is 1.00 bits per heavy atom. The van der Waals surface area contributed by atoms with E-state index in [0.29, 0.717) is 0 Å². The molecule has 0 aliphatic heterocycles. The summed E-state index contributed by atoms with van der Waals surface area (Å²) < 4.78 is 0. The van der Waals surface area contributed by atoms with Crippen LogP contribution in [0.1, 0.15) is 64.7 Å². The molecule has 0 N–H and O–H groups in total. The van der Waals surface area contributed by atoms with Crippen LogP contribution in [0.15, 0.2) is 24.3 Å². The van der Waals surface area contributed by atoms with E-state index in [4.69, 9.17) is 0 Å². The van der Waals surface area contributed by atoms with Gasteiger partial charge in [0, 0.05) is 0 Å². The van der Waals surface area contributed by atoms with Gasteiger partial charge in [-0.25, -0.2) is 0 Å². The van der Waals surface area contributed by atoms with Gasteiger partial charge in [-0.05, 0) is 49.5 Å². The van der Waals surface area contributed by atoms with Gasteiger partial charge in [0.05, 0.1) is 0 Å². The van der Waals surface area contributed by atoms with Crippen molar-refractivity contribution in [1.29, 1.82) is 0 Å². The molecule has 0 heteroatoms. The minimum atomic E-state index is 1.11. The van der Waals surface area contributed by atoms with Gasteiger partial charge in [-0.1, -0.05) is 58.9 Å². The first-order valence-corrected chi connectivity index (χ1v) is 6.89. The van der Waals surface area contributed by atoms with Gasteiger partial charge in [0.2, 0.25) is 0 Å². The monoisotopic (exact) mass is 234 g/mol. The van der Waals surface area contributed by atoms with E-state index in [1.54, 1.807) is 0 Å². The first kappa shape index (κ1) is 18.3. The molecule has 0 radical (unpaired) electrons. The molecule has 0 amide bonds. The summed E-state index contributed by atoms with van der Waals surface area (Å²) in [6, 6.07) is 6.65. The first-order valence-electron chi connectivity index (χ1n) is 6.89. The predicted molar refractivity (Wildman–Crippen MR) is 82.6 cm³/mol. The van der Waals surface area contributed by atoms with Crippen LogP contribution in [0.3, 0.4) is 0 Å². The highest BCUT2D eigenvalue weighted by atomic mass is 14.0.